The normalized spacial score (nSPS) is 25.9. The average Bonchev–Trinajstić information content (AvgIpc) is 3.04. The van der Waals surface area contributed by atoms with Crippen molar-refractivity contribution in [2.24, 2.45) is 4.99 Å². The van der Waals surface area contributed by atoms with Crippen LogP contribution in [0.15, 0.2) is 23.2 Å². The lowest BCUT2D eigenvalue weighted by molar-refractivity contribution is -0.115. The monoisotopic (exact) mass is 404 g/mol. The van der Waals surface area contributed by atoms with Crippen LogP contribution in [0, 0.1) is 0 Å². The zero-order valence-corrected chi connectivity index (χ0v) is 16.0. The van der Waals surface area contributed by atoms with Gasteiger partial charge in [0.15, 0.2) is 15.0 Å². The first-order valence-corrected chi connectivity index (χ1v) is 10.7. The molecule has 1 aromatic carbocycles. The standard InChI is InChI=1S/C15H17ClN2O5S2/c1-22-9-3-4-12(23-2)10(5-9)18-11-7-25(20,21)8-13(11)24-15(18)17-14(19)6-16/h3-5,11,13H,6-8H2,1-2H3/t11-,13+/m1/s1. The van der Waals surface area contributed by atoms with Gasteiger partial charge in [0, 0.05) is 11.3 Å². The fourth-order valence-electron chi connectivity index (χ4n) is 2.97. The van der Waals surface area contributed by atoms with E-state index in [-0.39, 0.29) is 28.7 Å². The topological polar surface area (TPSA) is 85.3 Å². The van der Waals surface area contributed by atoms with Crippen molar-refractivity contribution in [3.05, 3.63) is 18.2 Å². The minimum atomic E-state index is -3.14. The molecule has 3 rings (SSSR count). The zero-order valence-electron chi connectivity index (χ0n) is 13.6. The lowest BCUT2D eigenvalue weighted by Crippen LogP contribution is -2.38. The van der Waals surface area contributed by atoms with Crippen molar-refractivity contribution >= 4 is 50.0 Å². The second-order valence-corrected chi connectivity index (χ2v) is 9.26. The zero-order chi connectivity index (χ0) is 18.2. The van der Waals surface area contributed by atoms with Crippen molar-refractivity contribution in [2.75, 3.05) is 36.5 Å². The van der Waals surface area contributed by atoms with Crippen LogP contribution in [0.4, 0.5) is 5.69 Å². The van der Waals surface area contributed by atoms with E-state index in [1.807, 2.05) is 0 Å². The van der Waals surface area contributed by atoms with E-state index in [2.05, 4.69) is 4.99 Å². The van der Waals surface area contributed by atoms with E-state index in [1.54, 1.807) is 30.2 Å². The molecule has 0 aliphatic carbocycles. The molecule has 25 heavy (non-hydrogen) atoms. The van der Waals surface area contributed by atoms with Gasteiger partial charge in [0.05, 0.1) is 37.5 Å². The predicted molar refractivity (Wildman–Crippen MR) is 99.0 cm³/mol. The van der Waals surface area contributed by atoms with Crippen LogP contribution < -0.4 is 14.4 Å². The van der Waals surface area contributed by atoms with Crippen molar-refractivity contribution in [2.45, 2.75) is 11.3 Å². The van der Waals surface area contributed by atoms with Crippen molar-refractivity contribution < 1.29 is 22.7 Å². The molecule has 0 aromatic heterocycles. The molecule has 136 valence electrons. The number of carbonyl (C=O) groups is 1. The number of aliphatic imine (C=N–C) groups is 1. The maximum atomic E-state index is 12.1. The van der Waals surface area contributed by atoms with Gasteiger partial charge in [-0.25, -0.2) is 8.42 Å². The van der Waals surface area contributed by atoms with Crippen LogP contribution in [0.25, 0.3) is 0 Å². The van der Waals surface area contributed by atoms with E-state index in [0.29, 0.717) is 22.4 Å². The maximum Gasteiger partial charge on any atom is 0.262 e. The quantitative estimate of drug-likeness (QED) is 0.703. The van der Waals surface area contributed by atoms with Gasteiger partial charge in [-0.3, -0.25) is 4.79 Å². The summed E-state index contributed by atoms with van der Waals surface area (Å²) in [4.78, 5) is 17.5. The molecule has 7 nitrogen and oxygen atoms in total. The van der Waals surface area contributed by atoms with E-state index in [9.17, 15) is 13.2 Å². The Morgan fingerprint density at radius 3 is 2.76 bits per heavy atom. The fraction of sp³-hybridized carbons (Fsp3) is 0.467. The fourth-order valence-corrected chi connectivity index (χ4v) is 6.95. The summed E-state index contributed by atoms with van der Waals surface area (Å²) in [5, 5.41) is 0.241. The number of amides is 1. The number of benzene rings is 1. The van der Waals surface area contributed by atoms with Crippen LogP contribution in [0.5, 0.6) is 11.5 Å². The first kappa shape index (κ1) is 18.3. The first-order chi connectivity index (χ1) is 11.9. The lowest BCUT2D eigenvalue weighted by atomic mass is 10.2. The van der Waals surface area contributed by atoms with E-state index in [0.717, 1.165) is 0 Å². The van der Waals surface area contributed by atoms with Crippen molar-refractivity contribution in [1.82, 2.24) is 0 Å². The minimum Gasteiger partial charge on any atom is -0.497 e. The van der Waals surface area contributed by atoms with Crippen molar-refractivity contribution in [3.8, 4) is 11.5 Å². The SMILES string of the molecule is COc1ccc(OC)c(N2C(=NC(=O)CCl)S[C@H]3CS(=O)(=O)C[C@H]32)c1. The van der Waals surface area contributed by atoms with Gasteiger partial charge in [-0.05, 0) is 12.1 Å². The summed E-state index contributed by atoms with van der Waals surface area (Å²) in [5.41, 5.74) is 0.611. The average molecular weight is 405 g/mol. The summed E-state index contributed by atoms with van der Waals surface area (Å²) in [6, 6.07) is 4.90. The number of hydrogen-bond donors (Lipinski definition) is 0. The number of hydrogen-bond acceptors (Lipinski definition) is 6. The Kier molecular flexibility index (Phi) is 5.17. The van der Waals surface area contributed by atoms with Crippen LogP contribution in [0.1, 0.15) is 0 Å². The molecule has 2 aliphatic rings. The van der Waals surface area contributed by atoms with Gasteiger partial charge < -0.3 is 14.4 Å². The Bertz CT molecular complexity index is 827. The highest BCUT2D eigenvalue weighted by Crippen LogP contribution is 2.44. The smallest absolute Gasteiger partial charge is 0.262 e. The van der Waals surface area contributed by atoms with E-state index < -0.39 is 15.7 Å². The molecule has 0 radical (unpaired) electrons. The van der Waals surface area contributed by atoms with Gasteiger partial charge in [0.1, 0.15) is 17.4 Å². The second kappa shape index (κ2) is 7.05. The number of carbonyl (C=O) groups excluding carboxylic acids is 1. The predicted octanol–water partition coefficient (Wildman–Crippen LogP) is 1.54. The molecular formula is C15H17ClN2O5S2. The molecule has 2 fully saturated rings. The van der Waals surface area contributed by atoms with Gasteiger partial charge >= 0.3 is 0 Å². The van der Waals surface area contributed by atoms with Crippen LogP contribution in [-0.2, 0) is 14.6 Å². The van der Waals surface area contributed by atoms with Crippen LogP contribution in [0.3, 0.4) is 0 Å². The molecular weight excluding hydrogens is 388 g/mol. The molecule has 0 spiro atoms. The van der Waals surface area contributed by atoms with Gasteiger partial charge in [-0.15, -0.1) is 11.6 Å². The van der Waals surface area contributed by atoms with Crippen molar-refractivity contribution in [1.29, 1.82) is 0 Å². The number of sulfone groups is 1. The summed E-state index contributed by atoms with van der Waals surface area (Å²) >= 11 is 6.86. The highest BCUT2D eigenvalue weighted by atomic mass is 35.5. The molecule has 0 bridgehead atoms. The molecule has 2 heterocycles. The highest BCUT2D eigenvalue weighted by Gasteiger charge is 2.50. The molecule has 0 saturated carbocycles. The lowest BCUT2D eigenvalue weighted by Gasteiger charge is -2.26. The summed E-state index contributed by atoms with van der Waals surface area (Å²) in [6.45, 7) is 0. The number of ether oxygens (including phenoxy) is 2. The molecule has 1 aromatic rings. The number of fused-ring (bicyclic) bond motifs is 1. The largest absolute Gasteiger partial charge is 0.497 e. The van der Waals surface area contributed by atoms with E-state index in [1.165, 1.54) is 18.9 Å². The third-order valence-electron chi connectivity index (χ3n) is 4.05. The van der Waals surface area contributed by atoms with Gasteiger partial charge in [0.2, 0.25) is 0 Å². The Balaban J connectivity index is 2.11. The summed E-state index contributed by atoms with van der Waals surface area (Å²) in [6.07, 6.45) is 0. The second-order valence-electron chi connectivity index (χ2n) is 5.63. The number of halogens is 1. The molecule has 2 atom stereocenters. The minimum absolute atomic E-state index is 0.000877. The van der Waals surface area contributed by atoms with Crippen LogP contribution in [-0.4, -0.2) is 62.4 Å². The molecule has 2 saturated heterocycles. The maximum absolute atomic E-state index is 12.1. The third-order valence-corrected chi connectivity index (χ3v) is 7.49. The number of rotatable bonds is 4. The summed E-state index contributed by atoms with van der Waals surface area (Å²) < 4.78 is 34.8. The Morgan fingerprint density at radius 1 is 1.36 bits per heavy atom. The molecule has 10 heteroatoms. The van der Waals surface area contributed by atoms with E-state index >= 15 is 0 Å². The number of thioether (sulfide) groups is 1. The highest BCUT2D eigenvalue weighted by molar-refractivity contribution is 8.16. The number of amidine groups is 1. The molecule has 1 amide bonds. The third kappa shape index (κ3) is 3.58. The van der Waals surface area contributed by atoms with Gasteiger partial charge in [-0.1, -0.05) is 11.8 Å². The van der Waals surface area contributed by atoms with Crippen molar-refractivity contribution in [3.63, 3.8) is 0 Å². The molecule has 0 N–H and O–H groups in total. The number of alkyl halides is 1. The summed E-state index contributed by atoms with van der Waals surface area (Å²) in [7, 11) is -0.0729. The first-order valence-electron chi connectivity index (χ1n) is 7.44. The Morgan fingerprint density at radius 2 is 2.12 bits per heavy atom. The van der Waals surface area contributed by atoms with Gasteiger partial charge in [0.25, 0.3) is 5.91 Å². The van der Waals surface area contributed by atoms with Crippen LogP contribution >= 0.6 is 23.4 Å². The van der Waals surface area contributed by atoms with Crippen LogP contribution in [0.2, 0.25) is 0 Å². The number of anilines is 1. The Hall–Kier alpha value is -1.45. The molecule has 0 unspecified atom stereocenters. The molecule has 2 aliphatic heterocycles. The van der Waals surface area contributed by atoms with Gasteiger partial charge in [-0.2, -0.15) is 4.99 Å². The summed E-state index contributed by atoms with van der Waals surface area (Å²) in [5.74, 6) is 0.475. The number of nitrogens with zero attached hydrogens (tertiary/aromatic N) is 2. The number of methoxy groups -OCH3 is 2. The van der Waals surface area contributed by atoms with E-state index in [4.69, 9.17) is 21.1 Å². The Labute approximate surface area is 155 Å².